The first-order chi connectivity index (χ1) is 11.5. The normalized spacial score (nSPS) is 28.1. The highest BCUT2D eigenvalue weighted by Crippen LogP contribution is 2.52. The van der Waals surface area contributed by atoms with Gasteiger partial charge < -0.3 is 0 Å². The van der Waals surface area contributed by atoms with Crippen molar-refractivity contribution in [3.63, 3.8) is 0 Å². The lowest BCUT2D eigenvalue weighted by Gasteiger charge is -2.40. The van der Waals surface area contributed by atoms with E-state index in [1.54, 1.807) is 0 Å². The molecule has 2 aromatic rings. The fourth-order valence-electron chi connectivity index (χ4n) is 4.13. The topological polar surface area (TPSA) is 49.6 Å². The highest BCUT2D eigenvalue weighted by atomic mass is 35.5. The van der Waals surface area contributed by atoms with Gasteiger partial charge in [-0.1, -0.05) is 12.1 Å². The third kappa shape index (κ3) is 2.48. The zero-order valence-electron chi connectivity index (χ0n) is 13.4. The molecular formula is C19H17ClFN3. The van der Waals surface area contributed by atoms with Crippen molar-refractivity contribution >= 4 is 11.6 Å². The number of aromatic nitrogens is 2. The second-order valence-corrected chi connectivity index (χ2v) is 7.50. The van der Waals surface area contributed by atoms with E-state index in [2.05, 4.69) is 16.0 Å². The highest BCUT2D eigenvalue weighted by molar-refractivity contribution is 6.28. The van der Waals surface area contributed by atoms with Gasteiger partial charge in [0.15, 0.2) is 0 Å². The Kier molecular flexibility index (Phi) is 3.58. The molecule has 1 aromatic heterocycles. The number of benzene rings is 1. The van der Waals surface area contributed by atoms with Gasteiger partial charge in [-0.05, 0) is 67.5 Å². The van der Waals surface area contributed by atoms with Crippen molar-refractivity contribution in [2.75, 3.05) is 0 Å². The molecule has 0 aliphatic heterocycles. The van der Waals surface area contributed by atoms with Gasteiger partial charge in [0.25, 0.3) is 0 Å². The van der Waals surface area contributed by atoms with E-state index in [0.717, 1.165) is 42.6 Å². The van der Waals surface area contributed by atoms with E-state index in [0.29, 0.717) is 0 Å². The number of nitrogens with zero attached hydrogens (tertiary/aromatic N) is 3. The largest absolute Gasteiger partial charge is 0.222 e. The molecule has 0 amide bonds. The van der Waals surface area contributed by atoms with Crippen molar-refractivity contribution in [1.82, 2.24) is 9.97 Å². The van der Waals surface area contributed by atoms with Gasteiger partial charge in [0, 0.05) is 11.8 Å². The van der Waals surface area contributed by atoms with E-state index in [1.165, 1.54) is 17.7 Å². The van der Waals surface area contributed by atoms with Gasteiger partial charge in [0.05, 0.1) is 22.9 Å². The van der Waals surface area contributed by atoms with Crippen molar-refractivity contribution in [1.29, 1.82) is 5.26 Å². The minimum atomic E-state index is -0.246. The Morgan fingerprint density at radius 2 is 1.88 bits per heavy atom. The molecule has 1 fully saturated rings. The van der Waals surface area contributed by atoms with Crippen LogP contribution in [-0.4, -0.2) is 9.97 Å². The molecular weight excluding hydrogens is 325 g/mol. The first kappa shape index (κ1) is 15.5. The van der Waals surface area contributed by atoms with Crippen molar-refractivity contribution in [2.24, 2.45) is 5.41 Å². The van der Waals surface area contributed by atoms with Crippen LogP contribution in [-0.2, 0) is 6.42 Å². The first-order valence-corrected chi connectivity index (χ1v) is 8.60. The lowest BCUT2D eigenvalue weighted by molar-refractivity contribution is 0.195. The van der Waals surface area contributed by atoms with Crippen LogP contribution in [0.4, 0.5) is 4.39 Å². The highest BCUT2D eigenvalue weighted by Gasteiger charge is 2.44. The fraction of sp³-hybridized carbons (Fsp3) is 0.421. The summed E-state index contributed by atoms with van der Waals surface area (Å²) in [5, 5.41) is 9.50. The lowest BCUT2D eigenvalue weighted by Crippen LogP contribution is -2.32. The van der Waals surface area contributed by atoms with Gasteiger partial charge in [-0.3, -0.25) is 0 Å². The maximum atomic E-state index is 13.2. The molecule has 0 N–H and O–H groups in total. The molecule has 0 radical (unpaired) electrons. The number of hydrogen-bond donors (Lipinski definition) is 0. The summed E-state index contributed by atoms with van der Waals surface area (Å²) in [6.07, 6.45) is 3.49. The Hall–Kier alpha value is -1.99. The molecule has 1 atom stereocenters. The summed E-state index contributed by atoms with van der Waals surface area (Å²) in [7, 11) is 0. The predicted molar refractivity (Wildman–Crippen MR) is 89.3 cm³/mol. The summed E-state index contributed by atoms with van der Waals surface area (Å²) < 4.78 is 13.2. The third-order valence-electron chi connectivity index (χ3n) is 5.38. The molecule has 2 aliphatic rings. The Morgan fingerprint density at radius 3 is 2.54 bits per heavy atom. The molecule has 24 heavy (non-hydrogen) atoms. The second-order valence-electron chi connectivity index (χ2n) is 7.16. The van der Waals surface area contributed by atoms with Gasteiger partial charge >= 0.3 is 0 Å². The summed E-state index contributed by atoms with van der Waals surface area (Å²) in [6, 6.07) is 9.00. The molecule has 122 valence electrons. The minimum absolute atomic E-state index is 0.141. The van der Waals surface area contributed by atoms with Gasteiger partial charge in [-0.25, -0.2) is 14.4 Å². The number of hydrogen-bond acceptors (Lipinski definition) is 3. The van der Waals surface area contributed by atoms with Crippen LogP contribution < -0.4 is 0 Å². The molecule has 1 heterocycles. The maximum Gasteiger partial charge on any atom is 0.222 e. The van der Waals surface area contributed by atoms with Crippen LogP contribution in [0, 0.1) is 22.6 Å². The monoisotopic (exact) mass is 341 g/mol. The molecule has 1 aromatic carbocycles. The van der Waals surface area contributed by atoms with Gasteiger partial charge in [-0.2, -0.15) is 5.26 Å². The molecule has 3 nitrogen and oxygen atoms in total. The van der Waals surface area contributed by atoms with E-state index in [9.17, 15) is 9.65 Å². The van der Waals surface area contributed by atoms with Crippen LogP contribution in [0.2, 0.25) is 5.28 Å². The Labute approximate surface area is 145 Å². The lowest BCUT2D eigenvalue weighted by atomic mass is 9.62. The van der Waals surface area contributed by atoms with Crippen LogP contribution >= 0.6 is 11.6 Å². The van der Waals surface area contributed by atoms with Crippen molar-refractivity contribution < 1.29 is 4.39 Å². The predicted octanol–water partition coefficient (Wildman–Crippen LogP) is 4.75. The molecule has 0 bridgehead atoms. The number of rotatable bonds is 2. The third-order valence-corrected chi connectivity index (χ3v) is 5.55. The van der Waals surface area contributed by atoms with Gasteiger partial charge in [-0.15, -0.1) is 0 Å². The summed E-state index contributed by atoms with van der Waals surface area (Å²) in [4.78, 5) is 8.98. The van der Waals surface area contributed by atoms with Crippen molar-refractivity contribution in [3.05, 3.63) is 57.9 Å². The molecule has 0 saturated heterocycles. The van der Waals surface area contributed by atoms with E-state index < -0.39 is 0 Å². The van der Waals surface area contributed by atoms with E-state index in [1.807, 2.05) is 19.1 Å². The molecule has 1 saturated carbocycles. The standard InChI is InChI=1S/C19H17ClFN3/c1-19(10-22)8-12(9-19)16-15-7-6-14(17(15)24-18(20)23-16)11-2-4-13(21)5-3-11/h2-5,12,14H,6-9H2,1H3. The number of fused-ring (bicyclic) bond motifs is 1. The Balaban J connectivity index is 1.70. The first-order valence-electron chi connectivity index (χ1n) is 8.22. The number of halogens is 2. The average Bonchev–Trinajstić information content (AvgIpc) is 2.95. The van der Waals surface area contributed by atoms with Crippen LogP contribution in [0.25, 0.3) is 0 Å². The van der Waals surface area contributed by atoms with E-state index in [4.69, 9.17) is 11.6 Å². The van der Waals surface area contributed by atoms with Crippen molar-refractivity contribution in [2.45, 2.75) is 44.4 Å². The number of nitriles is 1. The SMILES string of the molecule is CC1(C#N)CC(c2nc(Cl)nc3c2CCC3c2ccc(F)cc2)C1. The van der Waals surface area contributed by atoms with E-state index in [-0.39, 0.29) is 28.4 Å². The molecule has 4 rings (SSSR count). The average molecular weight is 342 g/mol. The summed E-state index contributed by atoms with van der Waals surface area (Å²) >= 11 is 6.19. The zero-order valence-corrected chi connectivity index (χ0v) is 14.1. The Morgan fingerprint density at radius 1 is 1.21 bits per heavy atom. The van der Waals surface area contributed by atoms with Crippen molar-refractivity contribution in [3.8, 4) is 6.07 Å². The fourth-order valence-corrected chi connectivity index (χ4v) is 4.31. The minimum Gasteiger partial charge on any atom is -0.222 e. The smallest absolute Gasteiger partial charge is 0.222 e. The van der Waals surface area contributed by atoms with Crippen LogP contribution in [0.5, 0.6) is 0 Å². The summed E-state index contributed by atoms with van der Waals surface area (Å²) in [6.45, 7) is 1.99. The van der Waals surface area contributed by atoms with Gasteiger partial charge in [0.1, 0.15) is 5.82 Å². The van der Waals surface area contributed by atoms with Crippen LogP contribution in [0.1, 0.15) is 60.5 Å². The second kappa shape index (κ2) is 5.53. The zero-order chi connectivity index (χ0) is 16.9. The maximum absolute atomic E-state index is 13.2. The molecule has 5 heteroatoms. The van der Waals surface area contributed by atoms with Crippen LogP contribution in [0.3, 0.4) is 0 Å². The van der Waals surface area contributed by atoms with E-state index >= 15 is 0 Å². The summed E-state index contributed by atoms with van der Waals surface area (Å²) in [5.41, 5.74) is 3.98. The Bertz CT molecular complexity index is 835. The quantitative estimate of drug-likeness (QED) is 0.740. The molecule has 1 unspecified atom stereocenters. The molecule has 0 spiro atoms. The molecule has 2 aliphatic carbocycles. The van der Waals surface area contributed by atoms with Gasteiger partial charge in [0.2, 0.25) is 5.28 Å². The van der Waals surface area contributed by atoms with Crippen LogP contribution in [0.15, 0.2) is 24.3 Å². The summed E-state index contributed by atoms with van der Waals surface area (Å²) in [5.74, 6) is 0.196.